The van der Waals surface area contributed by atoms with Gasteiger partial charge in [-0.05, 0) is 24.2 Å². The van der Waals surface area contributed by atoms with Gasteiger partial charge in [0, 0.05) is 56.5 Å². The average molecular weight is 356 g/mol. The molecular weight excluding hydrogens is 330 g/mol. The van der Waals surface area contributed by atoms with E-state index in [1.54, 1.807) is 7.11 Å². The van der Waals surface area contributed by atoms with E-state index in [0.29, 0.717) is 0 Å². The second-order valence-corrected chi connectivity index (χ2v) is 6.28. The van der Waals surface area contributed by atoms with E-state index in [0.717, 1.165) is 56.9 Å². The van der Waals surface area contributed by atoms with Gasteiger partial charge in [0.05, 0.1) is 6.61 Å². The molecule has 1 aromatic rings. The lowest BCUT2D eigenvalue weighted by atomic mass is 10.1. The molecule has 1 aromatic carbocycles. The number of likely N-dealkylation sites (N-methyl/N-ethyl adjacent to an activating group) is 1. The minimum atomic E-state index is 0.751. The number of rotatable bonds is 7. The lowest BCUT2D eigenvalue weighted by Gasteiger charge is -2.36. The predicted molar refractivity (Wildman–Crippen MR) is 92.1 cm³/mol. The molecule has 0 unspecified atom stereocenters. The van der Waals surface area contributed by atoms with Gasteiger partial charge in [0.2, 0.25) is 0 Å². The van der Waals surface area contributed by atoms with Gasteiger partial charge in [-0.3, -0.25) is 0 Å². The maximum atomic E-state index is 5.08. The molecule has 118 valence electrons. The van der Waals surface area contributed by atoms with Gasteiger partial charge in [0.25, 0.3) is 0 Å². The molecule has 0 saturated carbocycles. The molecule has 21 heavy (non-hydrogen) atoms. The summed E-state index contributed by atoms with van der Waals surface area (Å²) in [5.74, 6) is 0. The molecule has 0 atom stereocenters. The van der Waals surface area contributed by atoms with Crippen molar-refractivity contribution in [2.24, 2.45) is 0 Å². The number of halogens is 1. The van der Waals surface area contributed by atoms with Crippen molar-refractivity contribution in [1.29, 1.82) is 0 Å². The summed E-state index contributed by atoms with van der Waals surface area (Å²) in [6.45, 7) is 10.4. The summed E-state index contributed by atoms with van der Waals surface area (Å²) in [6.07, 6.45) is 0. The molecule has 1 aliphatic rings. The van der Waals surface area contributed by atoms with Gasteiger partial charge in [0.1, 0.15) is 0 Å². The van der Waals surface area contributed by atoms with Crippen molar-refractivity contribution < 1.29 is 4.74 Å². The van der Waals surface area contributed by atoms with Crippen LogP contribution in [0.1, 0.15) is 12.5 Å². The zero-order valence-corrected chi connectivity index (χ0v) is 14.7. The van der Waals surface area contributed by atoms with Gasteiger partial charge in [0.15, 0.2) is 0 Å². The zero-order chi connectivity index (χ0) is 15.1. The van der Waals surface area contributed by atoms with Crippen molar-refractivity contribution in [2.75, 3.05) is 57.9 Å². The molecule has 0 spiro atoms. The van der Waals surface area contributed by atoms with E-state index in [4.69, 9.17) is 4.74 Å². The summed E-state index contributed by atoms with van der Waals surface area (Å²) in [4.78, 5) is 5.01. The van der Waals surface area contributed by atoms with Gasteiger partial charge < -0.3 is 19.9 Å². The van der Waals surface area contributed by atoms with Gasteiger partial charge in [-0.25, -0.2) is 0 Å². The van der Waals surface area contributed by atoms with Crippen LogP contribution in [0.15, 0.2) is 22.7 Å². The van der Waals surface area contributed by atoms with Crippen LogP contribution in [0.3, 0.4) is 0 Å². The van der Waals surface area contributed by atoms with Crippen molar-refractivity contribution >= 4 is 21.6 Å². The summed E-state index contributed by atoms with van der Waals surface area (Å²) in [7, 11) is 1.74. The fourth-order valence-corrected chi connectivity index (χ4v) is 3.03. The van der Waals surface area contributed by atoms with Gasteiger partial charge >= 0.3 is 0 Å². The highest BCUT2D eigenvalue weighted by Crippen LogP contribution is 2.26. The van der Waals surface area contributed by atoms with Crippen molar-refractivity contribution in [2.45, 2.75) is 13.5 Å². The van der Waals surface area contributed by atoms with Crippen LogP contribution in [0.2, 0.25) is 0 Å². The second-order valence-electron chi connectivity index (χ2n) is 5.36. The number of benzene rings is 1. The minimum Gasteiger partial charge on any atom is -0.383 e. The number of piperazine rings is 1. The molecule has 0 aromatic heterocycles. The fraction of sp³-hybridized carbons (Fsp3) is 0.625. The zero-order valence-electron chi connectivity index (χ0n) is 13.1. The molecule has 1 fully saturated rings. The van der Waals surface area contributed by atoms with Crippen molar-refractivity contribution in [3.8, 4) is 0 Å². The summed E-state index contributed by atoms with van der Waals surface area (Å²) in [5.41, 5.74) is 2.71. The van der Waals surface area contributed by atoms with E-state index < -0.39 is 0 Å². The maximum Gasteiger partial charge on any atom is 0.0587 e. The number of nitrogens with zero attached hydrogens (tertiary/aromatic N) is 2. The van der Waals surface area contributed by atoms with E-state index in [1.807, 2.05) is 0 Å². The Bertz CT molecular complexity index is 434. The van der Waals surface area contributed by atoms with Crippen LogP contribution in [0.25, 0.3) is 0 Å². The van der Waals surface area contributed by atoms with Crippen LogP contribution in [0.5, 0.6) is 0 Å². The topological polar surface area (TPSA) is 27.7 Å². The molecule has 0 radical (unpaired) electrons. The number of hydrogen-bond acceptors (Lipinski definition) is 4. The molecule has 1 aliphatic heterocycles. The number of methoxy groups -OCH3 is 1. The lowest BCUT2D eigenvalue weighted by Crippen LogP contribution is -2.46. The lowest BCUT2D eigenvalue weighted by molar-refractivity contribution is 0.199. The number of nitrogens with one attached hydrogen (secondary N) is 1. The van der Waals surface area contributed by atoms with Crippen LogP contribution in [0, 0.1) is 0 Å². The molecule has 1 heterocycles. The second kappa shape index (κ2) is 8.73. The standard InChI is InChI=1S/C16H26BrN3O/c1-3-19-7-9-20(10-8-19)16-12-15(17)5-4-14(16)13-18-6-11-21-2/h4-5,12,18H,3,6-11,13H2,1-2H3. The third-order valence-electron chi connectivity index (χ3n) is 4.01. The van der Waals surface area contributed by atoms with Crippen LogP contribution < -0.4 is 10.2 Å². The van der Waals surface area contributed by atoms with Gasteiger partial charge in [-0.15, -0.1) is 0 Å². The molecule has 0 bridgehead atoms. The van der Waals surface area contributed by atoms with Crippen molar-refractivity contribution in [3.63, 3.8) is 0 Å². The smallest absolute Gasteiger partial charge is 0.0587 e. The minimum absolute atomic E-state index is 0.751. The quantitative estimate of drug-likeness (QED) is 0.759. The molecule has 4 nitrogen and oxygen atoms in total. The van der Waals surface area contributed by atoms with Crippen LogP contribution in [-0.4, -0.2) is 57.9 Å². The summed E-state index contributed by atoms with van der Waals surface area (Å²) in [5, 5.41) is 3.44. The Kier molecular flexibility index (Phi) is 6.96. The highest BCUT2D eigenvalue weighted by atomic mass is 79.9. The Labute approximate surface area is 136 Å². The SMILES string of the molecule is CCN1CCN(c2cc(Br)ccc2CNCCOC)CC1. The Hall–Kier alpha value is -0.620. The normalized spacial score (nSPS) is 16.4. The Morgan fingerprint density at radius 2 is 2.00 bits per heavy atom. The van der Waals surface area contributed by atoms with Crippen molar-refractivity contribution in [3.05, 3.63) is 28.2 Å². The first-order valence-electron chi connectivity index (χ1n) is 7.70. The van der Waals surface area contributed by atoms with Gasteiger partial charge in [-0.2, -0.15) is 0 Å². The average Bonchev–Trinajstić information content (AvgIpc) is 2.53. The number of ether oxygens (including phenoxy) is 1. The number of hydrogen-bond donors (Lipinski definition) is 1. The molecule has 5 heteroatoms. The summed E-state index contributed by atoms with van der Waals surface area (Å²) in [6, 6.07) is 6.58. The Balaban J connectivity index is 2.01. The van der Waals surface area contributed by atoms with E-state index >= 15 is 0 Å². The Morgan fingerprint density at radius 1 is 1.24 bits per heavy atom. The Morgan fingerprint density at radius 3 is 2.67 bits per heavy atom. The van der Waals surface area contributed by atoms with Crippen LogP contribution in [0.4, 0.5) is 5.69 Å². The highest BCUT2D eigenvalue weighted by molar-refractivity contribution is 9.10. The molecule has 2 rings (SSSR count). The maximum absolute atomic E-state index is 5.08. The van der Waals surface area contributed by atoms with E-state index in [2.05, 4.69) is 56.2 Å². The first-order chi connectivity index (χ1) is 10.2. The van der Waals surface area contributed by atoms with E-state index in [1.165, 1.54) is 11.3 Å². The third-order valence-corrected chi connectivity index (χ3v) is 4.50. The first-order valence-corrected chi connectivity index (χ1v) is 8.49. The van der Waals surface area contributed by atoms with Gasteiger partial charge in [-0.1, -0.05) is 28.9 Å². The summed E-state index contributed by atoms with van der Waals surface area (Å²) < 4.78 is 6.23. The molecule has 1 saturated heterocycles. The third kappa shape index (κ3) is 4.95. The molecule has 0 aliphatic carbocycles. The highest BCUT2D eigenvalue weighted by Gasteiger charge is 2.18. The molecular formula is C16H26BrN3O. The fourth-order valence-electron chi connectivity index (χ4n) is 2.68. The number of anilines is 1. The van der Waals surface area contributed by atoms with Crippen LogP contribution >= 0.6 is 15.9 Å². The molecule has 0 amide bonds. The molecule has 1 N–H and O–H groups in total. The first kappa shape index (κ1) is 16.7. The monoisotopic (exact) mass is 355 g/mol. The van der Waals surface area contributed by atoms with Crippen molar-refractivity contribution in [1.82, 2.24) is 10.2 Å². The summed E-state index contributed by atoms with van der Waals surface area (Å²) >= 11 is 3.60. The predicted octanol–water partition coefficient (Wildman–Crippen LogP) is 2.33. The largest absolute Gasteiger partial charge is 0.383 e. The van der Waals surface area contributed by atoms with E-state index in [9.17, 15) is 0 Å². The van der Waals surface area contributed by atoms with Crippen LogP contribution in [-0.2, 0) is 11.3 Å². The van der Waals surface area contributed by atoms with E-state index in [-0.39, 0.29) is 0 Å².